The number of carbonyl (C=O) groups is 1. The smallest absolute Gasteiger partial charge is 0.433 e. The van der Waals surface area contributed by atoms with E-state index in [1.54, 1.807) is 4.90 Å². The van der Waals surface area contributed by atoms with Crippen molar-refractivity contribution in [2.24, 2.45) is 0 Å². The highest BCUT2D eigenvalue weighted by Gasteiger charge is 2.32. The first-order valence-electron chi connectivity index (χ1n) is 9.07. The molecule has 0 fully saturated rings. The second kappa shape index (κ2) is 8.08. The molecule has 0 unspecified atom stereocenters. The van der Waals surface area contributed by atoms with E-state index in [0.717, 1.165) is 29.5 Å². The molecule has 0 saturated heterocycles. The van der Waals surface area contributed by atoms with Gasteiger partial charge in [0.2, 0.25) is 0 Å². The molecule has 1 aromatic heterocycles. The lowest BCUT2D eigenvalue weighted by Crippen LogP contribution is -2.36. The summed E-state index contributed by atoms with van der Waals surface area (Å²) < 4.78 is 49.2. The summed E-state index contributed by atoms with van der Waals surface area (Å²) in [7, 11) is 0. The maximum Gasteiger partial charge on any atom is 0.433 e. The van der Waals surface area contributed by atoms with Gasteiger partial charge in [-0.25, -0.2) is 0 Å². The molecule has 8 heteroatoms. The Bertz CT molecular complexity index is 851. The number of hydrogen-bond acceptors (Lipinski definition) is 4. The van der Waals surface area contributed by atoms with Gasteiger partial charge in [-0.05, 0) is 55.7 Å². The zero-order valence-electron chi connectivity index (χ0n) is 15.7. The monoisotopic (exact) mass is 394 g/mol. The van der Waals surface area contributed by atoms with E-state index in [9.17, 15) is 18.0 Å². The van der Waals surface area contributed by atoms with E-state index in [1.165, 1.54) is 0 Å². The SMILES string of the molecule is CCOc1cc2c(cc1OCC)CN(C(=O)c1ccc(C(F)(F)F)nc1)CC2. The highest BCUT2D eigenvalue weighted by Crippen LogP contribution is 2.34. The number of nitrogens with zero attached hydrogens (tertiary/aromatic N) is 2. The minimum Gasteiger partial charge on any atom is -0.490 e. The predicted molar refractivity (Wildman–Crippen MR) is 96.5 cm³/mol. The number of rotatable bonds is 5. The number of alkyl halides is 3. The largest absolute Gasteiger partial charge is 0.490 e. The highest BCUT2D eigenvalue weighted by atomic mass is 19.4. The average molecular weight is 394 g/mol. The van der Waals surface area contributed by atoms with Crippen LogP contribution in [0.3, 0.4) is 0 Å². The second-order valence-corrected chi connectivity index (χ2v) is 6.34. The lowest BCUT2D eigenvalue weighted by molar-refractivity contribution is -0.141. The summed E-state index contributed by atoms with van der Waals surface area (Å²) >= 11 is 0. The van der Waals surface area contributed by atoms with Crippen molar-refractivity contribution >= 4 is 5.91 Å². The summed E-state index contributed by atoms with van der Waals surface area (Å²) in [6.07, 6.45) is -2.92. The van der Waals surface area contributed by atoms with Crippen LogP contribution in [0.25, 0.3) is 0 Å². The minimum atomic E-state index is -4.53. The maximum atomic E-state index is 12.7. The number of amides is 1. The zero-order valence-corrected chi connectivity index (χ0v) is 15.7. The van der Waals surface area contributed by atoms with Gasteiger partial charge in [-0.1, -0.05) is 0 Å². The Morgan fingerprint density at radius 2 is 1.75 bits per heavy atom. The average Bonchev–Trinajstić information content (AvgIpc) is 2.67. The van der Waals surface area contributed by atoms with Crippen molar-refractivity contribution in [1.29, 1.82) is 0 Å². The van der Waals surface area contributed by atoms with E-state index in [4.69, 9.17) is 9.47 Å². The highest BCUT2D eigenvalue weighted by molar-refractivity contribution is 5.94. The third kappa shape index (κ3) is 4.21. The van der Waals surface area contributed by atoms with E-state index in [-0.39, 0.29) is 11.5 Å². The Labute approximate surface area is 161 Å². The van der Waals surface area contributed by atoms with E-state index in [1.807, 2.05) is 26.0 Å². The zero-order chi connectivity index (χ0) is 20.3. The number of benzene rings is 1. The van der Waals surface area contributed by atoms with Crippen molar-refractivity contribution in [3.8, 4) is 11.5 Å². The van der Waals surface area contributed by atoms with Crippen LogP contribution in [0, 0.1) is 0 Å². The van der Waals surface area contributed by atoms with E-state index < -0.39 is 11.9 Å². The summed E-state index contributed by atoms with van der Waals surface area (Å²) in [5.74, 6) is 0.946. The Hall–Kier alpha value is -2.77. The minimum absolute atomic E-state index is 0.132. The quantitative estimate of drug-likeness (QED) is 0.766. The lowest BCUT2D eigenvalue weighted by atomic mass is 9.98. The van der Waals surface area contributed by atoms with Crippen LogP contribution in [0.2, 0.25) is 0 Å². The van der Waals surface area contributed by atoms with Crippen LogP contribution < -0.4 is 9.47 Å². The van der Waals surface area contributed by atoms with Gasteiger partial charge in [-0.2, -0.15) is 13.2 Å². The van der Waals surface area contributed by atoms with Crippen LogP contribution in [0.15, 0.2) is 30.5 Å². The number of aromatic nitrogens is 1. The van der Waals surface area contributed by atoms with Crippen LogP contribution in [-0.4, -0.2) is 35.5 Å². The van der Waals surface area contributed by atoms with Crippen molar-refractivity contribution in [1.82, 2.24) is 9.88 Å². The maximum absolute atomic E-state index is 12.7. The molecule has 0 N–H and O–H groups in total. The molecule has 28 heavy (non-hydrogen) atoms. The molecule has 0 aliphatic carbocycles. The van der Waals surface area contributed by atoms with Gasteiger partial charge in [0.1, 0.15) is 5.69 Å². The Kier molecular flexibility index (Phi) is 5.76. The molecule has 0 radical (unpaired) electrons. The van der Waals surface area contributed by atoms with Gasteiger partial charge in [0, 0.05) is 19.3 Å². The van der Waals surface area contributed by atoms with Gasteiger partial charge in [-0.3, -0.25) is 9.78 Å². The first-order chi connectivity index (χ1) is 13.3. The van der Waals surface area contributed by atoms with Gasteiger partial charge in [0.25, 0.3) is 5.91 Å². The number of halogens is 3. The van der Waals surface area contributed by atoms with E-state index in [2.05, 4.69) is 4.98 Å². The number of carbonyl (C=O) groups excluding carboxylic acids is 1. The van der Waals surface area contributed by atoms with E-state index >= 15 is 0 Å². The first kappa shape index (κ1) is 20.0. The van der Waals surface area contributed by atoms with E-state index in [0.29, 0.717) is 44.2 Å². The fraction of sp³-hybridized carbons (Fsp3) is 0.400. The summed E-state index contributed by atoms with van der Waals surface area (Å²) in [6, 6.07) is 5.80. The molecule has 1 aromatic carbocycles. The molecule has 1 aliphatic rings. The van der Waals surface area contributed by atoms with Crippen LogP contribution in [-0.2, 0) is 19.1 Å². The molecular weight excluding hydrogens is 373 g/mol. The number of ether oxygens (including phenoxy) is 2. The Morgan fingerprint density at radius 1 is 1.11 bits per heavy atom. The molecule has 1 amide bonds. The standard InChI is InChI=1S/C20H21F3N2O3/c1-3-27-16-9-13-7-8-25(12-15(13)10-17(16)28-4-2)19(26)14-5-6-18(24-11-14)20(21,22)23/h5-6,9-11H,3-4,7-8,12H2,1-2H3. The third-order valence-electron chi connectivity index (χ3n) is 4.47. The van der Waals surface area contributed by atoms with Gasteiger partial charge in [0.05, 0.1) is 18.8 Å². The topological polar surface area (TPSA) is 51.7 Å². The molecular formula is C20H21F3N2O3. The molecule has 150 valence electrons. The third-order valence-corrected chi connectivity index (χ3v) is 4.47. The van der Waals surface area contributed by atoms with Gasteiger partial charge >= 0.3 is 6.18 Å². The molecule has 3 rings (SSSR count). The van der Waals surface area contributed by atoms with Crippen LogP contribution in [0.1, 0.15) is 41.0 Å². The summed E-state index contributed by atoms with van der Waals surface area (Å²) in [5, 5.41) is 0. The molecule has 0 atom stereocenters. The molecule has 0 bridgehead atoms. The normalized spacial score (nSPS) is 13.8. The summed E-state index contributed by atoms with van der Waals surface area (Å²) in [5.41, 5.74) is 1.12. The Balaban J connectivity index is 1.80. The first-order valence-corrected chi connectivity index (χ1v) is 9.07. The van der Waals surface area contributed by atoms with Crippen LogP contribution >= 0.6 is 0 Å². The number of hydrogen-bond donors (Lipinski definition) is 0. The summed E-state index contributed by atoms with van der Waals surface area (Å²) in [4.78, 5) is 17.7. The molecule has 2 heterocycles. The van der Waals surface area contributed by atoms with Gasteiger partial charge in [-0.15, -0.1) is 0 Å². The fourth-order valence-electron chi connectivity index (χ4n) is 3.14. The molecule has 0 saturated carbocycles. The van der Waals surface area contributed by atoms with Gasteiger partial charge in [0.15, 0.2) is 11.5 Å². The molecule has 0 spiro atoms. The lowest BCUT2D eigenvalue weighted by Gasteiger charge is -2.30. The van der Waals surface area contributed by atoms with Crippen molar-refractivity contribution in [2.75, 3.05) is 19.8 Å². The summed E-state index contributed by atoms with van der Waals surface area (Å²) in [6.45, 7) is 5.59. The van der Waals surface area contributed by atoms with Crippen LogP contribution in [0.5, 0.6) is 11.5 Å². The number of pyridine rings is 1. The van der Waals surface area contributed by atoms with Crippen molar-refractivity contribution in [3.63, 3.8) is 0 Å². The molecule has 5 nitrogen and oxygen atoms in total. The van der Waals surface area contributed by atoms with Crippen LogP contribution in [0.4, 0.5) is 13.2 Å². The molecule has 1 aliphatic heterocycles. The predicted octanol–water partition coefficient (Wildman–Crippen LogP) is 4.10. The fourth-order valence-corrected chi connectivity index (χ4v) is 3.14. The molecule has 2 aromatic rings. The Morgan fingerprint density at radius 3 is 2.29 bits per heavy atom. The van der Waals surface area contributed by atoms with Crippen molar-refractivity contribution < 1.29 is 27.4 Å². The second-order valence-electron chi connectivity index (χ2n) is 6.34. The van der Waals surface area contributed by atoms with Gasteiger partial charge < -0.3 is 14.4 Å². The number of fused-ring (bicyclic) bond motifs is 1. The van der Waals surface area contributed by atoms with Crippen molar-refractivity contribution in [3.05, 3.63) is 52.8 Å². The van der Waals surface area contributed by atoms with Crippen molar-refractivity contribution in [2.45, 2.75) is 33.0 Å².